The number of hydrogen-bond donors (Lipinski definition) is 2. The van der Waals surface area contributed by atoms with E-state index in [0.717, 1.165) is 60.1 Å². The predicted octanol–water partition coefficient (Wildman–Crippen LogP) is 2.59. The Morgan fingerprint density at radius 1 is 1.00 bits per heavy atom. The van der Waals surface area contributed by atoms with E-state index in [1.165, 1.54) is 0 Å². The number of aromatic nitrogens is 6. The Hall–Kier alpha value is -3.07. The van der Waals surface area contributed by atoms with E-state index in [4.69, 9.17) is 0 Å². The Balaban J connectivity index is 1.41. The summed E-state index contributed by atoms with van der Waals surface area (Å²) >= 11 is 0. The normalized spacial score (nSPS) is 15.4. The molecule has 0 spiro atoms. The molecule has 164 valence electrons. The van der Waals surface area contributed by atoms with Gasteiger partial charge in [0.05, 0.1) is 11.4 Å². The van der Waals surface area contributed by atoms with Gasteiger partial charge in [-0.05, 0) is 69.9 Å². The molecule has 4 rings (SSSR count). The van der Waals surface area contributed by atoms with Crippen molar-refractivity contribution in [3.8, 4) is 11.4 Å². The molecule has 4 heterocycles. The minimum absolute atomic E-state index is 0.321. The van der Waals surface area contributed by atoms with Crippen molar-refractivity contribution in [2.24, 2.45) is 7.05 Å². The molecule has 3 aromatic heterocycles. The fourth-order valence-electron chi connectivity index (χ4n) is 3.92. The van der Waals surface area contributed by atoms with Gasteiger partial charge in [-0.1, -0.05) is 0 Å². The molecule has 1 saturated heterocycles. The zero-order valence-electron chi connectivity index (χ0n) is 18.8. The summed E-state index contributed by atoms with van der Waals surface area (Å²) < 4.78 is 1.82. The molecule has 31 heavy (non-hydrogen) atoms. The maximum absolute atomic E-state index is 10.0. The Morgan fingerprint density at radius 3 is 2.32 bits per heavy atom. The smallest absolute Gasteiger partial charge is 0.154 e. The SMILES string of the molecule is Cc1c(-c2ccnn2C)nnc(N2CCC(Nc3ccc(C(C)(C)O)nn3)CC2)c1C. The van der Waals surface area contributed by atoms with Gasteiger partial charge in [0.25, 0.3) is 0 Å². The molecule has 3 aromatic rings. The molecule has 1 fully saturated rings. The second-order valence-electron chi connectivity index (χ2n) is 8.73. The lowest BCUT2D eigenvalue weighted by molar-refractivity contribution is 0.0729. The fourth-order valence-corrected chi connectivity index (χ4v) is 3.92. The summed E-state index contributed by atoms with van der Waals surface area (Å²) in [7, 11) is 1.92. The van der Waals surface area contributed by atoms with Crippen molar-refractivity contribution in [2.75, 3.05) is 23.3 Å². The third-order valence-corrected chi connectivity index (χ3v) is 6.00. The first kappa shape index (κ1) is 21.2. The maximum atomic E-state index is 10.0. The average Bonchev–Trinajstić information content (AvgIpc) is 3.16. The van der Waals surface area contributed by atoms with Crippen LogP contribution in [-0.4, -0.2) is 54.4 Å². The van der Waals surface area contributed by atoms with Crippen molar-refractivity contribution >= 4 is 11.6 Å². The lowest BCUT2D eigenvalue weighted by atomic mass is 10.0. The topological polar surface area (TPSA) is 105 Å². The van der Waals surface area contributed by atoms with E-state index in [0.29, 0.717) is 11.7 Å². The van der Waals surface area contributed by atoms with Gasteiger partial charge in [-0.2, -0.15) is 10.2 Å². The van der Waals surface area contributed by atoms with E-state index in [9.17, 15) is 5.11 Å². The highest BCUT2D eigenvalue weighted by molar-refractivity contribution is 5.64. The summed E-state index contributed by atoms with van der Waals surface area (Å²) in [5.41, 5.74) is 3.72. The van der Waals surface area contributed by atoms with Crippen molar-refractivity contribution in [1.29, 1.82) is 0 Å². The van der Waals surface area contributed by atoms with Crippen LogP contribution in [0.4, 0.5) is 11.6 Å². The number of hydrogen-bond acceptors (Lipinski definition) is 8. The van der Waals surface area contributed by atoms with Crippen molar-refractivity contribution in [3.63, 3.8) is 0 Å². The van der Waals surface area contributed by atoms with E-state index in [1.54, 1.807) is 20.0 Å². The largest absolute Gasteiger partial charge is 0.384 e. The minimum atomic E-state index is -0.986. The Kier molecular flexibility index (Phi) is 5.62. The lowest BCUT2D eigenvalue weighted by Crippen LogP contribution is -2.40. The predicted molar refractivity (Wildman–Crippen MR) is 120 cm³/mol. The molecule has 0 aliphatic carbocycles. The third kappa shape index (κ3) is 4.36. The molecule has 1 aliphatic heterocycles. The summed E-state index contributed by atoms with van der Waals surface area (Å²) in [6, 6.07) is 5.98. The number of aliphatic hydroxyl groups is 1. The second-order valence-corrected chi connectivity index (χ2v) is 8.73. The molecule has 0 aromatic carbocycles. The number of anilines is 2. The highest BCUT2D eigenvalue weighted by Gasteiger charge is 2.24. The van der Waals surface area contributed by atoms with Crippen LogP contribution in [0.1, 0.15) is 43.5 Å². The third-order valence-electron chi connectivity index (χ3n) is 6.00. The van der Waals surface area contributed by atoms with Gasteiger partial charge in [0.2, 0.25) is 0 Å². The van der Waals surface area contributed by atoms with Crippen LogP contribution in [0, 0.1) is 13.8 Å². The van der Waals surface area contributed by atoms with Gasteiger partial charge in [-0.3, -0.25) is 4.68 Å². The van der Waals surface area contributed by atoms with Crippen molar-refractivity contribution in [2.45, 2.75) is 52.2 Å². The Morgan fingerprint density at radius 2 is 1.74 bits per heavy atom. The van der Waals surface area contributed by atoms with Crippen LogP contribution in [0.3, 0.4) is 0 Å². The fraction of sp³-hybridized carbons (Fsp3) is 0.500. The summed E-state index contributed by atoms with van der Waals surface area (Å²) in [6.45, 7) is 9.41. The van der Waals surface area contributed by atoms with Gasteiger partial charge in [0.15, 0.2) is 5.82 Å². The lowest BCUT2D eigenvalue weighted by Gasteiger charge is -2.34. The molecule has 0 atom stereocenters. The molecule has 0 bridgehead atoms. The molecular weight excluding hydrogens is 392 g/mol. The average molecular weight is 423 g/mol. The number of piperidine rings is 1. The Labute approximate surface area is 182 Å². The summed E-state index contributed by atoms with van der Waals surface area (Å²) in [5.74, 6) is 1.69. The molecule has 9 heteroatoms. The summed E-state index contributed by atoms with van der Waals surface area (Å²) in [6.07, 6.45) is 3.72. The highest BCUT2D eigenvalue weighted by atomic mass is 16.3. The van der Waals surface area contributed by atoms with Gasteiger partial charge in [0, 0.05) is 32.4 Å². The molecule has 2 N–H and O–H groups in total. The molecule has 0 unspecified atom stereocenters. The monoisotopic (exact) mass is 422 g/mol. The van der Waals surface area contributed by atoms with E-state index in [2.05, 4.69) is 49.6 Å². The standard InChI is InChI=1S/C22H30N8O/c1-14-15(2)21(28-27-20(14)17-8-11-23-29(17)5)30-12-9-16(10-13-30)24-19-7-6-18(25-26-19)22(3,4)31/h6-8,11,16,31H,9-10,12-13H2,1-5H3,(H,24,26). The molecule has 9 nitrogen and oxygen atoms in total. The van der Waals surface area contributed by atoms with E-state index < -0.39 is 5.60 Å². The zero-order valence-corrected chi connectivity index (χ0v) is 18.8. The molecule has 0 amide bonds. The van der Waals surface area contributed by atoms with Crippen LogP contribution in [0.2, 0.25) is 0 Å². The number of nitrogens with zero attached hydrogens (tertiary/aromatic N) is 7. The highest BCUT2D eigenvalue weighted by Crippen LogP contribution is 2.29. The van der Waals surface area contributed by atoms with Gasteiger partial charge in [-0.25, -0.2) is 0 Å². The van der Waals surface area contributed by atoms with Crippen LogP contribution in [0.25, 0.3) is 11.4 Å². The van der Waals surface area contributed by atoms with E-state index in [1.807, 2.05) is 29.9 Å². The van der Waals surface area contributed by atoms with Gasteiger partial charge < -0.3 is 15.3 Å². The number of nitrogens with one attached hydrogen (secondary N) is 1. The molecule has 0 radical (unpaired) electrons. The van der Waals surface area contributed by atoms with Crippen LogP contribution in [-0.2, 0) is 12.6 Å². The first-order chi connectivity index (χ1) is 14.7. The van der Waals surface area contributed by atoms with Crippen molar-refractivity contribution in [3.05, 3.63) is 41.2 Å². The minimum Gasteiger partial charge on any atom is -0.384 e. The second kappa shape index (κ2) is 8.22. The number of rotatable bonds is 5. The first-order valence-corrected chi connectivity index (χ1v) is 10.6. The molecule has 0 saturated carbocycles. The first-order valence-electron chi connectivity index (χ1n) is 10.6. The van der Waals surface area contributed by atoms with Gasteiger partial charge in [-0.15, -0.1) is 15.3 Å². The number of aryl methyl sites for hydroxylation is 1. The summed E-state index contributed by atoms with van der Waals surface area (Å²) in [5, 5.41) is 35.2. The van der Waals surface area contributed by atoms with E-state index in [-0.39, 0.29) is 0 Å². The molecular formula is C22H30N8O. The van der Waals surface area contributed by atoms with Gasteiger partial charge >= 0.3 is 0 Å². The van der Waals surface area contributed by atoms with Crippen LogP contribution < -0.4 is 10.2 Å². The summed E-state index contributed by atoms with van der Waals surface area (Å²) in [4.78, 5) is 2.31. The van der Waals surface area contributed by atoms with Crippen molar-refractivity contribution < 1.29 is 5.11 Å². The molecule has 1 aliphatic rings. The van der Waals surface area contributed by atoms with Gasteiger partial charge in [0.1, 0.15) is 17.1 Å². The Bertz CT molecular complexity index is 1050. The van der Waals surface area contributed by atoms with Crippen LogP contribution >= 0.6 is 0 Å². The van der Waals surface area contributed by atoms with Crippen molar-refractivity contribution in [1.82, 2.24) is 30.2 Å². The quantitative estimate of drug-likeness (QED) is 0.646. The zero-order chi connectivity index (χ0) is 22.2. The van der Waals surface area contributed by atoms with Crippen LogP contribution in [0.15, 0.2) is 24.4 Å². The van der Waals surface area contributed by atoms with Crippen LogP contribution in [0.5, 0.6) is 0 Å². The maximum Gasteiger partial charge on any atom is 0.154 e. The van der Waals surface area contributed by atoms with E-state index >= 15 is 0 Å².